The monoisotopic (exact) mass is 398 g/mol. The van der Waals surface area contributed by atoms with Crippen LogP contribution in [0, 0.1) is 13.8 Å². The molecule has 0 saturated heterocycles. The van der Waals surface area contributed by atoms with Crippen LogP contribution < -0.4 is 0 Å². The Balaban J connectivity index is 1.68. The lowest BCUT2D eigenvalue weighted by Gasteiger charge is -2.09. The summed E-state index contributed by atoms with van der Waals surface area (Å²) in [5, 5.41) is 2.55. The highest BCUT2D eigenvalue weighted by atomic mass is 32.2. The van der Waals surface area contributed by atoms with Gasteiger partial charge in [-0.15, -0.1) is 0 Å². The zero-order valence-electron chi connectivity index (χ0n) is 16.1. The summed E-state index contributed by atoms with van der Waals surface area (Å²) in [5.74, 6) is 0. The first kappa shape index (κ1) is 18.9. The van der Waals surface area contributed by atoms with Crippen LogP contribution in [0.15, 0.2) is 105 Å². The first-order chi connectivity index (χ1) is 13.7. The van der Waals surface area contributed by atoms with Crippen molar-refractivity contribution in [3.8, 4) is 0 Å². The van der Waals surface area contributed by atoms with Gasteiger partial charge in [-0.25, -0.2) is 0 Å². The molecular formula is C26H22S2. The summed E-state index contributed by atoms with van der Waals surface area (Å²) in [7, 11) is 0. The van der Waals surface area contributed by atoms with E-state index in [4.69, 9.17) is 0 Å². The lowest BCUT2D eigenvalue weighted by Crippen LogP contribution is -1.80. The van der Waals surface area contributed by atoms with Crippen LogP contribution in [-0.4, -0.2) is 0 Å². The van der Waals surface area contributed by atoms with Crippen molar-refractivity contribution in [3.63, 3.8) is 0 Å². The average molecular weight is 399 g/mol. The van der Waals surface area contributed by atoms with Crippen LogP contribution in [0.1, 0.15) is 16.7 Å². The maximum absolute atomic E-state index is 2.29. The molecule has 138 valence electrons. The van der Waals surface area contributed by atoms with Gasteiger partial charge in [0.25, 0.3) is 0 Å². The third kappa shape index (κ3) is 4.89. The molecule has 0 radical (unpaired) electrons. The zero-order chi connectivity index (χ0) is 19.3. The fraction of sp³-hybridized carbons (Fsp3) is 0.0769. The van der Waals surface area contributed by atoms with Crippen molar-refractivity contribution >= 4 is 40.4 Å². The number of hydrogen-bond donors (Lipinski definition) is 0. The van der Waals surface area contributed by atoms with Gasteiger partial charge in [0.15, 0.2) is 0 Å². The van der Waals surface area contributed by atoms with E-state index in [2.05, 4.69) is 111 Å². The normalized spacial score (nSPS) is 10.8. The molecule has 0 nitrogen and oxygen atoms in total. The molecule has 0 saturated carbocycles. The predicted molar refractivity (Wildman–Crippen MR) is 126 cm³/mol. The maximum atomic E-state index is 2.29. The van der Waals surface area contributed by atoms with Crippen LogP contribution >= 0.6 is 23.5 Å². The Morgan fingerprint density at radius 2 is 1.14 bits per heavy atom. The van der Waals surface area contributed by atoms with Gasteiger partial charge in [-0.05, 0) is 66.6 Å². The lowest BCUT2D eigenvalue weighted by atomic mass is 10.1. The van der Waals surface area contributed by atoms with Gasteiger partial charge < -0.3 is 0 Å². The molecule has 0 aliphatic carbocycles. The molecule has 0 aliphatic heterocycles. The minimum atomic E-state index is 1.23. The van der Waals surface area contributed by atoms with Crippen molar-refractivity contribution in [2.75, 3.05) is 0 Å². The van der Waals surface area contributed by atoms with Crippen molar-refractivity contribution < 1.29 is 0 Å². The van der Waals surface area contributed by atoms with E-state index in [9.17, 15) is 0 Å². The number of aryl methyl sites for hydroxylation is 2. The van der Waals surface area contributed by atoms with Crippen molar-refractivity contribution in [1.82, 2.24) is 0 Å². The summed E-state index contributed by atoms with van der Waals surface area (Å²) < 4.78 is 1.27. The highest BCUT2D eigenvalue weighted by Gasteiger charge is 2.06. The second-order valence-electron chi connectivity index (χ2n) is 6.90. The van der Waals surface area contributed by atoms with Crippen molar-refractivity contribution in [1.29, 1.82) is 0 Å². The van der Waals surface area contributed by atoms with Crippen LogP contribution in [0.25, 0.3) is 16.8 Å². The Bertz CT molecular complexity index is 1060. The van der Waals surface area contributed by atoms with E-state index in [1.807, 2.05) is 23.5 Å². The highest BCUT2D eigenvalue weighted by molar-refractivity contribution is 8.22. The topological polar surface area (TPSA) is 0 Å². The van der Waals surface area contributed by atoms with E-state index in [1.54, 1.807) is 0 Å². The number of rotatable bonds is 5. The third-order valence-corrected chi connectivity index (χ3v) is 6.69. The van der Waals surface area contributed by atoms with Crippen LogP contribution in [-0.2, 0) is 0 Å². The molecule has 0 heterocycles. The van der Waals surface area contributed by atoms with E-state index in [0.29, 0.717) is 0 Å². The second kappa shape index (κ2) is 8.72. The molecule has 0 aromatic heterocycles. The Morgan fingerprint density at radius 3 is 1.71 bits per heavy atom. The van der Waals surface area contributed by atoms with E-state index in [0.717, 1.165) is 0 Å². The number of hydrogen-bond acceptors (Lipinski definition) is 2. The first-order valence-corrected chi connectivity index (χ1v) is 11.0. The van der Waals surface area contributed by atoms with Crippen LogP contribution in [0.4, 0.5) is 0 Å². The predicted octanol–water partition coefficient (Wildman–Crippen LogP) is 8.34. The van der Waals surface area contributed by atoms with Crippen molar-refractivity contribution in [2.24, 2.45) is 0 Å². The number of thioether (sulfide) groups is 2. The van der Waals surface area contributed by atoms with E-state index in [1.165, 1.54) is 41.5 Å². The van der Waals surface area contributed by atoms with Crippen LogP contribution in [0.2, 0.25) is 0 Å². The van der Waals surface area contributed by atoms with Gasteiger partial charge in [0.2, 0.25) is 0 Å². The largest absolute Gasteiger partial charge is 0.0827 e. The lowest BCUT2D eigenvalue weighted by molar-refractivity contribution is 1.38. The van der Waals surface area contributed by atoms with Crippen LogP contribution in [0.3, 0.4) is 0 Å². The number of benzene rings is 4. The summed E-state index contributed by atoms with van der Waals surface area (Å²) in [5.41, 5.74) is 3.80. The average Bonchev–Trinajstić information content (AvgIpc) is 2.71. The molecule has 0 amide bonds. The van der Waals surface area contributed by atoms with E-state index >= 15 is 0 Å². The molecule has 0 atom stereocenters. The Labute approximate surface area is 175 Å². The van der Waals surface area contributed by atoms with Gasteiger partial charge in [-0.3, -0.25) is 0 Å². The standard InChI is InChI=1S/C26H22S2/c1-19-7-13-24(14-8-19)27-26(28-25-15-9-20(2)10-16-25)18-21-11-12-22-5-3-4-6-23(22)17-21/h3-18H,1-2H3. The Kier molecular flexibility index (Phi) is 5.90. The minimum Gasteiger partial charge on any atom is -0.0827 e. The van der Waals surface area contributed by atoms with Gasteiger partial charge in [0, 0.05) is 9.79 Å². The number of fused-ring (bicyclic) bond motifs is 1. The molecule has 4 aromatic carbocycles. The van der Waals surface area contributed by atoms with E-state index < -0.39 is 0 Å². The van der Waals surface area contributed by atoms with Gasteiger partial charge in [0.1, 0.15) is 0 Å². The van der Waals surface area contributed by atoms with Gasteiger partial charge >= 0.3 is 0 Å². The van der Waals surface area contributed by atoms with Crippen molar-refractivity contribution in [2.45, 2.75) is 23.6 Å². The molecule has 0 N–H and O–H groups in total. The minimum absolute atomic E-state index is 1.23. The molecule has 4 rings (SSSR count). The molecule has 0 bridgehead atoms. The Morgan fingerprint density at radius 1 is 0.607 bits per heavy atom. The molecule has 2 heteroatoms. The fourth-order valence-corrected chi connectivity index (χ4v) is 5.10. The zero-order valence-corrected chi connectivity index (χ0v) is 17.7. The smallest absolute Gasteiger partial charge is 0.0504 e. The summed E-state index contributed by atoms with van der Waals surface area (Å²) >= 11 is 3.64. The third-order valence-electron chi connectivity index (χ3n) is 4.54. The summed E-state index contributed by atoms with van der Waals surface area (Å²) in [6.07, 6.45) is 2.29. The van der Waals surface area contributed by atoms with Gasteiger partial charge in [0.05, 0.1) is 4.24 Å². The fourth-order valence-electron chi connectivity index (χ4n) is 2.96. The highest BCUT2D eigenvalue weighted by Crippen LogP contribution is 2.40. The first-order valence-electron chi connectivity index (χ1n) is 9.35. The summed E-state index contributed by atoms with van der Waals surface area (Å²) in [4.78, 5) is 2.52. The molecular weight excluding hydrogens is 376 g/mol. The molecule has 28 heavy (non-hydrogen) atoms. The molecule has 0 spiro atoms. The van der Waals surface area contributed by atoms with Crippen molar-refractivity contribution in [3.05, 3.63) is 112 Å². The summed E-state index contributed by atoms with van der Waals surface area (Å²) in [6.45, 7) is 4.25. The molecule has 0 unspecified atom stereocenters. The second-order valence-corrected chi connectivity index (χ2v) is 9.39. The summed E-state index contributed by atoms with van der Waals surface area (Å²) in [6, 6.07) is 32.7. The Hall–Kier alpha value is -2.42. The molecule has 4 aromatic rings. The molecule has 0 aliphatic rings. The quantitative estimate of drug-likeness (QED) is 0.310. The van der Waals surface area contributed by atoms with Gasteiger partial charge in [-0.2, -0.15) is 0 Å². The van der Waals surface area contributed by atoms with Gasteiger partial charge in [-0.1, -0.05) is 95.3 Å². The van der Waals surface area contributed by atoms with E-state index in [-0.39, 0.29) is 0 Å². The van der Waals surface area contributed by atoms with Crippen LogP contribution in [0.5, 0.6) is 0 Å². The SMILES string of the molecule is Cc1ccc(SC(=Cc2ccc3ccccc3c2)Sc2ccc(C)cc2)cc1. The maximum Gasteiger partial charge on any atom is 0.0504 e. The molecule has 0 fully saturated rings.